The largest absolute Gasteiger partial charge is 0.356 e. The summed E-state index contributed by atoms with van der Waals surface area (Å²) in [6.45, 7) is 5.01. The SMILES string of the molecule is CCCc1cncnc1N1CCC(NCc2ccc3[nH]c(=O)[nH]c3c2)CC1. The summed E-state index contributed by atoms with van der Waals surface area (Å²) in [6, 6.07) is 6.55. The van der Waals surface area contributed by atoms with Gasteiger partial charge in [0.15, 0.2) is 0 Å². The van der Waals surface area contributed by atoms with E-state index in [1.54, 1.807) is 6.33 Å². The molecule has 0 amide bonds. The first-order valence-corrected chi connectivity index (χ1v) is 9.71. The molecule has 142 valence electrons. The van der Waals surface area contributed by atoms with Gasteiger partial charge in [-0.05, 0) is 37.0 Å². The van der Waals surface area contributed by atoms with Crippen molar-refractivity contribution in [2.75, 3.05) is 18.0 Å². The predicted octanol–water partition coefficient (Wildman–Crippen LogP) is 2.36. The molecule has 3 heterocycles. The van der Waals surface area contributed by atoms with Gasteiger partial charge in [-0.1, -0.05) is 19.4 Å². The maximum absolute atomic E-state index is 11.4. The topological polar surface area (TPSA) is 89.7 Å². The number of nitrogens with one attached hydrogen (secondary N) is 3. The van der Waals surface area contributed by atoms with Crippen LogP contribution in [0.15, 0.2) is 35.5 Å². The summed E-state index contributed by atoms with van der Waals surface area (Å²) >= 11 is 0. The van der Waals surface area contributed by atoms with Crippen molar-refractivity contribution in [3.8, 4) is 0 Å². The van der Waals surface area contributed by atoms with Crippen LogP contribution in [0.2, 0.25) is 0 Å². The minimum absolute atomic E-state index is 0.158. The number of imidazole rings is 1. The average molecular weight is 366 g/mol. The number of anilines is 1. The lowest BCUT2D eigenvalue weighted by molar-refractivity contribution is 0.412. The minimum Gasteiger partial charge on any atom is -0.356 e. The van der Waals surface area contributed by atoms with Crippen molar-refractivity contribution < 1.29 is 0 Å². The Morgan fingerprint density at radius 1 is 1.22 bits per heavy atom. The molecule has 1 aliphatic rings. The molecule has 0 atom stereocenters. The molecule has 1 aliphatic heterocycles. The van der Waals surface area contributed by atoms with Crippen LogP contribution >= 0.6 is 0 Å². The Morgan fingerprint density at radius 2 is 2.04 bits per heavy atom. The zero-order chi connectivity index (χ0) is 18.6. The third kappa shape index (κ3) is 4.03. The molecule has 1 saturated heterocycles. The monoisotopic (exact) mass is 366 g/mol. The van der Waals surface area contributed by atoms with E-state index in [-0.39, 0.29) is 5.69 Å². The van der Waals surface area contributed by atoms with E-state index in [1.807, 2.05) is 18.3 Å². The number of rotatable bonds is 6. The smallest absolute Gasteiger partial charge is 0.323 e. The lowest BCUT2D eigenvalue weighted by Gasteiger charge is -2.34. The third-order valence-corrected chi connectivity index (χ3v) is 5.25. The molecule has 0 saturated carbocycles. The molecular formula is C20H26N6O. The summed E-state index contributed by atoms with van der Waals surface area (Å²) in [6.07, 6.45) is 7.93. The van der Waals surface area contributed by atoms with Gasteiger partial charge in [-0.3, -0.25) is 0 Å². The lowest BCUT2D eigenvalue weighted by atomic mass is 10.0. The molecule has 1 aromatic carbocycles. The van der Waals surface area contributed by atoms with E-state index in [0.717, 1.165) is 62.2 Å². The maximum Gasteiger partial charge on any atom is 0.323 e. The van der Waals surface area contributed by atoms with Crippen molar-refractivity contribution in [2.45, 2.75) is 45.2 Å². The van der Waals surface area contributed by atoms with Crippen LogP contribution in [0.25, 0.3) is 11.0 Å². The highest BCUT2D eigenvalue weighted by molar-refractivity contribution is 5.74. The maximum atomic E-state index is 11.4. The van der Waals surface area contributed by atoms with Crippen LogP contribution in [-0.2, 0) is 13.0 Å². The van der Waals surface area contributed by atoms with Gasteiger partial charge in [0.05, 0.1) is 11.0 Å². The summed E-state index contributed by atoms with van der Waals surface area (Å²) in [5, 5.41) is 3.66. The van der Waals surface area contributed by atoms with Crippen molar-refractivity contribution in [2.24, 2.45) is 0 Å². The Hall–Kier alpha value is -2.67. The number of nitrogens with zero attached hydrogens (tertiary/aromatic N) is 3. The molecule has 3 N–H and O–H groups in total. The highest BCUT2D eigenvalue weighted by Crippen LogP contribution is 2.22. The second-order valence-corrected chi connectivity index (χ2v) is 7.22. The fourth-order valence-corrected chi connectivity index (χ4v) is 3.83. The molecule has 2 aromatic heterocycles. The molecule has 0 radical (unpaired) electrons. The highest BCUT2D eigenvalue weighted by Gasteiger charge is 2.21. The van der Waals surface area contributed by atoms with Gasteiger partial charge in [-0.25, -0.2) is 14.8 Å². The molecule has 3 aromatic rings. The number of aryl methyl sites for hydroxylation is 1. The van der Waals surface area contributed by atoms with Gasteiger partial charge in [-0.15, -0.1) is 0 Å². The van der Waals surface area contributed by atoms with E-state index >= 15 is 0 Å². The first kappa shape index (κ1) is 17.7. The van der Waals surface area contributed by atoms with Gasteiger partial charge >= 0.3 is 5.69 Å². The Morgan fingerprint density at radius 3 is 2.85 bits per heavy atom. The van der Waals surface area contributed by atoms with Crippen LogP contribution in [0, 0.1) is 0 Å². The summed E-state index contributed by atoms with van der Waals surface area (Å²) < 4.78 is 0. The molecule has 0 spiro atoms. The molecule has 4 rings (SSSR count). The molecule has 27 heavy (non-hydrogen) atoms. The second kappa shape index (κ2) is 7.92. The number of aromatic nitrogens is 4. The highest BCUT2D eigenvalue weighted by atomic mass is 16.1. The normalized spacial score (nSPS) is 15.5. The average Bonchev–Trinajstić information content (AvgIpc) is 3.07. The van der Waals surface area contributed by atoms with E-state index in [0.29, 0.717) is 6.04 Å². The quantitative estimate of drug-likeness (QED) is 0.623. The van der Waals surface area contributed by atoms with E-state index in [2.05, 4.69) is 43.1 Å². The van der Waals surface area contributed by atoms with Crippen LogP contribution in [0.4, 0.5) is 5.82 Å². The zero-order valence-corrected chi connectivity index (χ0v) is 15.7. The first-order valence-electron chi connectivity index (χ1n) is 9.71. The standard InChI is InChI=1S/C20H26N6O/c1-2-3-15-12-21-13-23-19(15)26-8-6-16(7-9-26)22-11-14-4-5-17-18(10-14)25-20(27)24-17/h4-5,10,12-13,16,22H,2-3,6-9,11H2,1H3,(H2,24,25,27). The summed E-state index contributed by atoms with van der Waals surface area (Å²) in [5.41, 5.74) is 3.99. The van der Waals surface area contributed by atoms with Crippen LogP contribution in [0.1, 0.15) is 37.3 Å². The van der Waals surface area contributed by atoms with Crippen LogP contribution < -0.4 is 15.9 Å². The number of benzene rings is 1. The van der Waals surface area contributed by atoms with E-state index in [9.17, 15) is 4.79 Å². The van der Waals surface area contributed by atoms with Crippen molar-refractivity contribution in [3.63, 3.8) is 0 Å². The zero-order valence-electron chi connectivity index (χ0n) is 15.7. The number of piperidine rings is 1. The molecule has 7 nitrogen and oxygen atoms in total. The van der Waals surface area contributed by atoms with Crippen LogP contribution in [0.3, 0.4) is 0 Å². The Bertz CT molecular complexity index is 954. The number of aromatic amines is 2. The molecule has 7 heteroatoms. The van der Waals surface area contributed by atoms with Crippen LogP contribution in [0.5, 0.6) is 0 Å². The molecule has 0 unspecified atom stereocenters. The number of fused-ring (bicyclic) bond motifs is 1. The van der Waals surface area contributed by atoms with Crippen molar-refractivity contribution in [1.29, 1.82) is 0 Å². The Kier molecular flexibility index (Phi) is 5.20. The Balaban J connectivity index is 1.33. The van der Waals surface area contributed by atoms with Gasteiger partial charge in [0.2, 0.25) is 0 Å². The Labute approximate surface area is 158 Å². The van der Waals surface area contributed by atoms with Crippen molar-refractivity contribution in [3.05, 3.63) is 52.3 Å². The van der Waals surface area contributed by atoms with Gasteiger partial charge in [0, 0.05) is 37.4 Å². The van der Waals surface area contributed by atoms with Crippen LogP contribution in [-0.4, -0.2) is 39.1 Å². The first-order chi connectivity index (χ1) is 13.2. The molecule has 0 bridgehead atoms. The summed E-state index contributed by atoms with van der Waals surface area (Å²) in [4.78, 5) is 28.1. The molecule has 1 fully saturated rings. The van der Waals surface area contributed by atoms with Gasteiger partial charge in [0.1, 0.15) is 12.1 Å². The van der Waals surface area contributed by atoms with Crippen molar-refractivity contribution >= 4 is 16.9 Å². The fourth-order valence-electron chi connectivity index (χ4n) is 3.83. The number of hydrogen-bond donors (Lipinski definition) is 3. The summed E-state index contributed by atoms with van der Waals surface area (Å²) in [5.74, 6) is 1.10. The third-order valence-electron chi connectivity index (χ3n) is 5.25. The summed E-state index contributed by atoms with van der Waals surface area (Å²) in [7, 11) is 0. The molecule has 0 aliphatic carbocycles. The molecular weight excluding hydrogens is 340 g/mol. The fraction of sp³-hybridized carbons (Fsp3) is 0.450. The van der Waals surface area contributed by atoms with Gasteiger partial charge < -0.3 is 20.2 Å². The van der Waals surface area contributed by atoms with Gasteiger partial charge in [0.25, 0.3) is 0 Å². The van der Waals surface area contributed by atoms with Gasteiger partial charge in [-0.2, -0.15) is 0 Å². The second-order valence-electron chi connectivity index (χ2n) is 7.22. The number of H-pyrrole nitrogens is 2. The van der Waals surface area contributed by atoms with Crippen molar-refractivity contribution in [1.82, 2.24) is 25.3 Å². The number of hydrogen-bond acceptors (Lipinski definition) is 5. The van der Waals surface area contributed by atoms with E-state index < -0.39 is 0 Å². The predicted molar refractivity (Wildman–Crippen MR) is 107 cm³/mol. The van der Waals surface area contributed by atoms with E-state index in [4.69, 9.17) is 0 Å². The lowest BCUT2D eigenvalue weighted by Crippen LogP contribution is -2.43. The minimum atomic E-state index is -0.158. The van der Waals surface area contributed by atoms with E-state index in [1.165, 1.54) is 11.1 Å².